The Balaban J connectivity index is 1.78. The molecule has 1 N–H and O–H groups in total. The number of amides is 1. The number of carbonyl (C=O) groups excluding carboxylic acids is 1. The summed E-state index contributed by atoms with van der Waals surface area (Å²) in [6.07, 6.45) is 1.66. The SMILES string of the molecule is N#Cc1ccccc1NC(=O)c1ccccc1CCc1ccccc1. The summed E-state index contributed by atoms with van der Waals surface area (Å²) in [4.78, 5) is 12.7. The molecular weight excluding hydrogens is 308 g/mol. The number of nitriles is 1. The van der Waals surface area contributed by atoms with Crippen LogP contribution in [0.3, 0.4) is 0 Å². The molecule has 122 valence electrons. The van der Waals surface area contributed by atoms with Crippen molar-refractivity contribution < 1.29 is 4.79 Å². The predicted molar refractivity (Wildman–Crippen MR) is 99.4 cm³/mol. The van der Waals surface area contributed by atoms with Gasteiger partial charge in [-0.1, -0.05) is 60.7 Å². The molecule has 25 heavy (non-hydrogen) atoms. The fourth-order valence-corrected chi connectivity index (χ4v) is 2.76. The lowest BCUT2D eigenvalue weighted by Crippen LogP contribution is -2.15. The normalized spacial score (nSPS) is 10.0. The van der Waals surface area contributed by atoms with Gasteiger partial charge in [-0.25, -0.2) is 0 Å². The minimum Gasteiger partial charge on any atom is -0.321 e. The number of rotatable bonds is 5. The molecule has 0 saturated carbocycles. The van der Waals surface area contributed by atoms with E-state index >= 15 is 0 Å². The first-order chi connectivity index (χ1) is 12.3. The van der Waals surface area contributed by atoms with Gasteiger partial charge in [0.2, 0.25) is 0 Å². The summed E-state index contributed by atoms with van der Waals surface area (Å²) in [6.45, 7) is 0. The van der Waals surface area contributed by atoms with Crippen LogP contribution in [0, 0.1) is 11.3 Å². The molecule has 0 spiro atoms. The third kappa shape index (κ3) is 4.13. The molecule has 1 amide bonds. The fraction of sp³-hybridized carbons (Fsp3) is 0.0909. The summed E-state index contributed by atoms with van der Waals surface area (Å²) in [6, 6.07) is 26.9. The highest BCUT2D eigenvalue weighted by molar-refractivity contribution is 6.05. The van der Waals surface area contributed by atoms with Gasteiger partial charge in [0.05, 0.1) is 11.3 Å². The Bertz CT molecular complexity index is 911. The van der Waals surface area contributed by atoms with E-state index in [1.807, 2.05) is 42.5 Å². The van der Waals surface area contributed by atoms with Gasteiger partial charge in [0, 0.05) is 5.56 Å². The van der Waals surface area contributed by atoms with Crippen LogP contribution in [0.1, 0.15) is 27.0 Å². The van der Waals surface area contributed by atoms with Gasteiger partial charge in [0.1, 0.15) is 6.07 Å². The van der Waals surface area contributed by atoms with Crippen LogP contribution in [0.25, 0.3) is 0 Å². The zero-order valence-corrected chi connectivity index (χ0v) is 13.8. The summed E-state index contributed by atoms with van der Waals surface area (Å²) >= 11 is 0. The molecule has 3 aromatic rings. The van der Waals surface area contributed by atoms with Crippen molar-refractivity contribution in [3.05, 3.63) is 101 Å². The van der Waals surface area contributed by atoms with Gasteiger partial charge in [-0.2, -0.15) is 5.26 Å². The molecule has 0 radical (unpaired) electrons. The summed E-state index contributed by atoms with van der Waals surface area (Å²) in [5, 5.41) is 12.0. The van der Waals surface area contributed by atoms with Crippen molar-refractivity contribution in [2.24, 2.45) is 0 Å². The molecule has 0 bridgehead atoms. The fourth-order valence-electron chi connectivity index (χ4n) is 2.76. The van der Waals surface area contributed by atoms with Crippen molar-refractivity contribution in [1.29, 1.82) is 5.26 Å². The minimum atomic E-state index is -0.189. The van der Waals surface area contributed by atoms with Crippen molar-refractivity contribution in [2.45, 2.75) is 12.8 Å². The first-order valence-corrected chi connectivity index (χ1v) is 8.20. The predicted octanol–water partition coefficient (Wildman–Crippen LogP) is 4.60. The van der Waals surface area contributed by atoms with E-state index in [9.17, 15) is 4.79 Å². The van der Waals surface area contributed by atoms with E-state index in [0.717, 1.165) is 18.4 Å². The van der Waals surface area contributed by atoms with Crippen LogP contribution in [0.4, 0.5) is 5.69 Å². The van der Waals surface area contributed by atoms with Crippen LogP contribution >= 0.6 is 0 Å². The third-order valence-electron chi connectivity index (χ3n) is 4.08. The molecule has 3 aromatic carbocycles. The molecule has 0 unspecified atom stereocenters. The highest BCUT2D eigenvalue weighted by Crippen LogP contribution is 2.18. The van der Waals surface area contributed by atoms with Crippen LogP contribution in [0.5, 0.6) is 0 Å². The minimum absolute atomic E-state index is 0.189. The van der Waals surface area contributed by atoms with Crippen molar-refractivity contribution in [3.8, 4) is 6.07 Å². The van der Waals surface area contributed by atoms with Crippen molar-refractivity contribution in [1.82, 2.24) is 0 Å². The number of hydrogen-bond donors (Lipinski definition) is 1. The second-order valence-electron chi connectivity index (χ2n) is 5.75. The molecule has 0 fully saturated rings. The van der Waals surface area contributed by atoms with Crippen LogP contribution in [0.15, 0.2) is 78.9 Å². The quantitative estimate of drug-likeness (QED) is 0.745. The van der Waals surface area contributed by atoms with Crippen molar-refractivity contribution in [3.63, 3.8) is 0 Å². The standard InChI is InChI=1S/C22H18N2O/c23-16-19-11-5-7-13-21(19)24-22(25)20-12-6-4-10-18(20)15-14-17-8-2-1-3-9-17/h1-13H,14-15H2,(H,24,25). The first kappa shape index (κ1) is 16.5. The Labute approximate surface area is 147 Å². The molecule has 3 rings (SSSR count). The lowest BCUT2D eigenvalue weighted by molar-refractivity contribution is 0.102. The van der Waals surface area contributed by atoms with Gasteiger partial charge in [0.25, 0.3) is 5.91 Å². The highest BCUT2D eigenvalue weighted by atomic mass is 16.1. The van der Waals surface area contributed by atoms with E-state index < -0.39 is 0 Å². The van der Waals surface area contributed by atoms with Crippen molar-refractivity contribution in [2.75, 3.05) is 5.32 Å². The maximum absolute atomic E-state index is 12.7. The monoisotopic (exact) mass is 326 g/mol. The number of nitrogens with one attached hydrogen (secondary N) is 1. The molecule has 0 aromatic heterocycles. The van der Waals surface area contributed by atoms with Crippen LogP contribution in [-0.4, -0.2) is 5.91 Å². The van der Waals surface area contributed by atoms with E-state index in [1.165, 1.54) is 5.56 Å². The lowest BCUT2D eigenvalue weighted by Gasteiger charge is -2.11. The zero-order valence-electron chi connectivity index (χ0n) is 13.8. The Morgan fingerprint density at radius 3 is 2.32 bits per heavy atom. The van der Waals surface area contributed by atoms with Gasteiger partial charge in [-0.3, -0.25) is 4.79 Å². The molecule has 3 nitrogen and oxygen atoms in total. The van der Waals surface area contributed by atoms with Gasteiger partial charge in [-0.05, 0) is 42.2 Å². The van der Waals surface area contributed by atoms with Gasteiger partial charge < -0.3 is 5.32 Å². The average Bonchev–Trinajstić information content (AvgIpc) is 2.68. The second-order valence-corrected chi connectivity index (χ2v) is 5.75. The molecular formula is C22H18N2O. The molecule has 0 aliphatic rings. The lowest BCUT2D eigenvalue weighted by atomic mass is 9.99. The van der Waals surface area contributed by atoms with Crippen molar-refractivity contribution >= 4 is 11.6 Å². The number of hydrogen-bond acceptors (Lipinski definition) is 2. The molecule has 0 aliphatic heterocycles. The largest absolute Gasteiger partial charge is 0.321 e. The molecule has 3 heteroatoms. The van der Waals surface area contributed by atoms with E-state index in [0.29, 0.717) is 16.8 Å². The summed E-state index contributed by atoms with van der Waals surface area (Å²) < 4.78 is 0. The average molecular weight is 326 g/mol. The Kier molecular flexibility index (Phi) is 5.23. The van der Waals surface area contributed by atoms with Gasteiger partial charge in [-0.15, -0.1) is 0 Å². The molecule has 0 atom stereocenters. The van der Waals surface area contributed by atoms with E-state index in [2.05, 4.69) is 23.5 Å². The summed E-state index contributed by atoms with van der Waals surface area (Å²) in [5.74, 6) is -0.189. The van der Waals surface area contributed by atoms with E-state index in [4.69, 9.17) is 5.26 Å². The van der Waals surface area contributed by atoms with Crippen LogP contribution in [-0.2, 0) is 12.8 Å². The number of anilines is 1. The maximum atomic E-state index is 12.7. The Hall–Kier alpha value is -3.38. The van der Waals surface area contributed by atoms with Gasteiger partial charge >= 0.3 is 0 Å². The van der Waals surface area contributed by atoms with Crippen LogP contribution < -0.4 is 5.32 Å². The third-order valence-corrected chi connectivity index (χ3v) is 4.08. The smallest absolute Gasteiger partial charge is 0.255 e. The molecule has 0 aliphatic carbocycles. The number of para-hydroxylation sites is 1. The number of nitrogens with zero attached hydrogens (tertiary/aromatic N) is 1. The second kappa shape index (κ2) is 7.94. The first-order valence-electron chi connectivity index (χ1n) is 8.20. The molecule has 0 saturated heterocycles. The van der Waals surface area contributed by atoms with Crippen LogP contribution in [0.2, 0.25) is 0 Å². The highest BCUT2D eigenvalue weighted by Gasteiger charge is 2.12. The number of carbonyl (C=O) groups is 1. The maximum Gasteiger partial charge on any atom is 0.255 e. The van der Waals surface area contributed by atoms with E-state index in [1.54, 1.807) is 24.3 Å². The van der Waals surface area contributed by atoms with Gasteiger partial charge in [0.15, 0.2) is 0 Å². The number of benzene rings is 3. The Morgan fingerprint density at radius 2 is 1.52 bits per heavy atom. The number of aryl methyl sites for hydroxylation is 2. The van der Waals surface area contributed by atoms with E-state index in [-0.39, 0.29) is 5.91 Å². The zero-order chi connectivity index (χ0) is 17.5. The Morgan fingerprint density at radius 1 is 0.840 bits per heavy atom. The molecule has 0 heterocycles. The summed E-state index contributed by atoms with van der Waals surface area (Å²) in [5.41, 5.74) is 3.88. The topological polar surface area (TPSA) is 52.9 Å². The summed E-state index contributed by atoms with van der Waals surface area (Å²) in [7, 11) is 0.